The van der Waals surface area contributed by atoms with Crippen molar-refractivity contribution >= 4 is 15.9 Å². The summed E-state index contributed by atoms with van der Waals surface area (Å²) in [6, 6.07) is 1.86. The van der Waals surface area contributed by atoms with Crippen LogP contribution in [0.5, 0.6) is 0 Å². The third-order valence-corrected chi connectivity index (χ3v) is 2.80. The number of aliphatic hydroxyl groups excluding tert-OH is 1. The van der Waals surface area contributed by atoms with Crippen molar-refractivity contribution in [3.63, 3.8) is 0 Å². The first kappa shape index (κ1) is 11.8. The molecule has 0 radical (unpaired) electrons. The van der Waals surface area contributed by atoms with Gasteiger partial charge in [-0.3, -0.25) is 0 Å². The normalized spacial score (nSPS) is 14.0. The fraction of sp³-hybridized carbons (Fsp3) is 0.636. The maximum absolute atomic E-state index is 9.80. The van der Waals surface area contributed by atoms with Crippen molar-refractivity contribution in [2.45, 2.75) is 39.7 Å². The van der Waals surface area contributed by atoms with Gasteiger partial charge in [0.2, 0.25) is 0 Å². The minimum absolute atomic E-state index is 0.174. The molecule has 0 saturated heterocycles. The molecule has 0 aliphatic rings. The van der Waals surface area contributed by atoms with Crippen LogP contribution >= 0.6 is 15.9 Å². The van der Waals surface area contributed by atoms with Crippen molar-refractivity contribution in [2.24, 2.45) is 5.92 Å². The van der Waals surface area contributed by atoms with Gasteiger partial charge in [0.15, 0.2) is 0 Å². The molecule has 1 rings (SSSR count). The summed E-state index contributed by atoms with van der Waals surface area (Å²) in [5.41, 5.74) is 0. The molecule has 1 heterocycles. The Labute approximate surface area is 93.4 Å². The topological polar surface area (TPSA) is 33.4 Å². The summed E-state index contributed by atoms with van der Waals surface area (Å²) in [5.74, 6) is 2.06. The van der Waals surface area contributed by atoms with E-state index < -0.39 is 6.10 Å². The molecule has 0 aliphatic heterocycles. The van der Waals surface area contributed by atoms with Crippen LogP contribution in [0.4, 0.5) is 0 Å². The van der Waals surface area contributed by atoms with Crippen molar-refractivity contribution in [3.05, 3.63) is 22.1 Å². The van der Waals surface area contributed by atoms with E-state index in [9.17, 15) is 5.11 Å². The van der Waals surface area contributed by atoms with E-state index in [1.165, 1.54) is 0 Å². The van der Waals surface area contributed by atoms with Crippen LogP contribution in [0.15, 0.2) is 15.0 Å². The number of halogens is 1. The standard InChI is InChI=1S/C11H17BrO2/c1-6(2)10(13)9-5-8(12)11(14-9)7(3)4/h5-7,10,13H,1-4H3/t10-/m0/s1. The number of rotatable bonds is 3. The lowest BCUT2D eigenvalue weighted by atomic mass is 10.1. The van der Waals surface area contributed by atoms with Crippen LogP contribution in [-0.2, 0) is 0 Å². The fourth-order valence-corrected chi connectivity index (χ4v) is 2.03. The molecule has 14 heavy (non-hydrogen) atoms. The zero-order chi connectivity index (χ0) is 10.9. The van der Waals surface area contributed by atoms with Crippen LogP contribution in [0.2, 0.25) is 0 Å². The molecule has 0 fully saturated rings. The molecule has 1 aromatic heterocycles. The molecule has 0 unspecified atom stereocenters. The Bertz CT molecular complexity index is 302. The monoisotopic (exact) mass is 260 g/mol. The minimum Gasteiger partial charge on any atom is -0.462 e. The summed E-state index contributed by atoms with van der Waals surface area (Å²) >= 11 is 3.43. The van der Waals surface area contributed by atoms with Crippen LogP contribution in [0.3, 0.4) is 0 Å². The molecule has 1 N–H and O–H groups in total. The fourth-order valence-electron chi connectivity index (χ4n) is 1.27. The van der Waals surface area contributed by atoms with Gasteiger partial charge < -0.3 is 9.52 Å². The molecular weight excluding hydrogens is 244 g/mol. The largest absolute Gasteiger partial charge is 0.462 e. The first-order valence-electron chi connectivity index (χ1n) is 4.90. The Morgan fingerprint density at radius 2 is 1.86 bits per heavy atom. The van der Waals surface area contributed by atoms with Crippen molar-refractivity contribution < 1.29 is 9.52 Å². The Kier molecular flexibility index (Phi) is 3.78. The summed E-state index contributed by atoms with van der Waals surface area (Å²) in [6.07, 6.45) is -0.515. The van der Waals surface area contributed by atoms with E-state index in [-0.39, 0.29) is 5.92 Å². The van der Waals surface area contributed by atoms with Crippen LogP contribution in [-0.4, -0.2) is 5.11 Å². The third kappa shape index (κ3) is 2.39. The molecule has 0 amide bonds. The number of hydrogen-bond donors (Lipinski definition) is 1. The van der Waals surface area contributed by atoms with Crippen LogP contribution in [0.1, 0.15) is 51.2 Å². The van der Waals surface area contributed by atoms with Gasteiger partial charge in [-0.25, -0.2) is 0 Å². The highest BCUT2D eigenvalue weighted by Crippen LogP contribution is 2.33. The lowest BCUT2D eigenvalue weighted by Crippen LogP contribution is -2.03. The average molecular weight is 261 g/mol. The average Bonchev–Trinajstić information content (AvgIpc) is 2.45. The molecule has 0 saturated carbocycles. The van der Waals surface area contributed by atoms with Gasteiger partial charge in [-0.15, -0.1) is 0 Å². The summed E-state index contributed by atoms with van der Waals surface area (Å²) in [5, 5.41) is 9.80. The van der Waals surface area contributed by atoms with E-state index in [4.69, 9.17) is 4.42 Å². The van der Waals surface area contributed by atoms with Gasteiger partial charge in [0, 0.05) is 5.92 Å². The molecule has 0 aliphatic carbocycles. The second-order valence-electron chi connectivity index (χ2n) is 4.20. The van der Waals surface area contributed by atoms with E-state index >= 15 is 0 Å². The van der Waals surface area contributed by atoms with Gasteiger partial charge in [-0.2, -0.15) is 0 Å². The van der Waals surface area contributed by atoms with Gasteiger partial charge in [0.05, 0.1) is 4.47 Å². The van der Waals surface area contributed by atoms with Gasteiger partial charge in [-0.1, -0.05) is 27.7 Å². The van der Waals surface area contributed by atoms with E-state index in [0.717, 1.165) is 10.2 Å². The first-order chi connectivity index (χ1) is 6.43. The number of furan rings is 1. The van der Waals surface area contributed by atoms with Gasteiger partial charge in [-0.05, 0) is 27.9 Å². The molecule has 3 heteroatoms. The Morgan fingerprint density at radius 3 is 2.21 bits per heavy atom. The van der Waals surface area contributed by atoms with E-state index in [0.29, 0.717) is 11.7 Å². The SMILES string of the molecule is CC(C)c1oc([C@@H](O)C(C)C)cc1Br. The molecule has 0 spiro atoms. The lowest BCUT2D eigenvalue weighted by Gasteiger charge is -2.11. The molecule has 80 valence electrons. The molecular formula is C11H17BrO2. The third-order valence-electron chi connectivity index (χ3n) is 2.18. The van der Waals surface area contributed by atoms with Crippen molar-refractivity contribution in [2.75, 3.05) is 0 Å². The lowest BCUT2D eigenvalue weighted by molar-refractivity contribution is 0.101. The number of hydrogen-bond acceptors (Lipinski definition) is 2. The van der Waals surface area contributed by atoms with Gasteiger partial charge >= 0.3 is 0 Å². The maximum atomic E-state index is 9.80. The summed E-state index contributed by atoms with van der Waals surface area (Å²) in [6.45, 7) is 8.07. The van der Waals surface area contributed by atoms with Gasteiger partial charge in [0.1, 0.15) is 17.6 Å². The number of aliphatic hydroxyl groups is 1. The van der Waals surface area contributed by atoms with Crippen molar-refractivity contribution in [1.29, 1.82) is 0 Å². The quantitative estimate of drug-likeness (QED) is 0.896. The Hall–Kier alpha value is -0.280. The zero-order valence-corrected chi connectivity index (χ0v) is 10.6. The Balaban J connectivity index is 2.96. The molecule has 0 aromatic carbocycles. The highest BCUT2D eigenvalue weighted by atomic mass is 79.9. The second kappa shape index (κ2) is 4.49. The van der Waals surface area contributed by atoms with E-state index in [1.807, 2.05) is 19.9 Å². The van der Waals surface area contributed by atoms with E-state index in [1.54, 1.807) is 0 Å². The van der Waals surface area contributed by atoms with E-state index in [2.05, 4.69) is 29.8 Å². The Morgan fingerprint density at radius 1 is 1.29 bits per heavy atom. The maximum Gasteiger partial charge on any atom is 0.134 e. The zero-order valence-electron chi connectivity index (χ0n) is 9.04. The van der Waals surface area contributed by atoms with Gasteiger partial charge in [0.25, 0.3) is 0 Å². The highest BCUT2D eigenvalue weighted by Gasteiger charge is 2.19. The molecule has 1 aromatic rings. The molecule has 2 nitrogen and oxygen atoms in total. The van der Waals surface area contributed by atoms with Crippen molar-refractivity contribution in [3.8, 4) is 0 Å². The predicted molar refractivity (Wildman–Crippen MR) is 60.3 cm³/mol. The minimum atomic E-state index is -0.515. The van der Waals surface area contributed by atoms with Crippen LogP contribution < -0.4 is 0 Å². The smallest absolute Gasteiger partial charge is 0.134 e. The summed E-state index contributed by atoms with van der Waals surface area (Å²) in [4.78, 5) is 0. The predicted octanol–water partition coefficient (Wildman–Crippen LogP) is 3.85. The second-order valence-corrected chi connectivity index (χ2v) is 5.06. The van der Waals surface area contributed by atoms with Crippen molar-refractivity contribution in [1.82, 2.24) is 0 Å². The van der Waals surface area contributed by atoms with Crippen LogP contribution in [0, 0.1) is 5.92 Å². The first-order valence-corrected chi connectivity index (χ1v) is 5.70. The highest BCUT2D eigenvalue weighted by molar-refractivity contribution is 9.10. The molecule has 0 bridgehead atoms. The summed E-state index contributed by atoms with van der Waals surface area (Å²) < 4.78 is 6.55. The summed E-state index contributed by atoms with van der Waals surface area (Å²) in [7, 11) is 0. The van der Waals surface area contributed by atoms with Crippen LogP contribution in [0.25, 0.3) is 0 Å². The molecule has 1 atom stereocenters.